The van der Waals surface area contributed by atoms with Gasteiger partial charge in [0.1, 0.15) is 11.5 Å². The zero-order valence-electron chi connectivity index (χ0n) is 10.7. The van der Waals surface area contributed by atoms with Crippen molar-refractivity contribution in [3.05, 3.63) is 45.9 Å². The Morgan fingerprint density at radius 2 is 1.86 bits per heavy atom. The number of rotatable bonds is 2. The van der Waals surface area contributed by atoms with Crippen molar-refractivity contribution >= 4 is 33.0 Å². The summed E-state index contributed by atoms with van der Waals surface area (Å²) in [5, 5.41) is 2.76. The van der Waals surface area contributed by atoms with Crippen LogP contribution < -0.4 is 11.1 Å². The average molecular weight is 364 g/mol. The molecule has 0 bridgehead atoms. The quantitative estimate of drug-likeness (QED) is 0.764. The fourth-order valence-corrected chi connectivity index (χ4v) is 2.00. The molecule has 3 N–H and O–H groups in total. The van der Waals surface area contributed by atoms with Crippen molar-refractivity contribution in [1.82, 2.24) is 4.98 Å². The van der Waals surface area contributed by atoms with E-state index in [0.29, 0.717) is 11.3 Å². The maximum atomic E-state index is 13.3. The van der Waals surface area contributed by atoms with Crippen LogP contribution in [-0.2, 0) is 6.18 Å². The van der Waals surface area contributed by atoms with Crippen LogP contribution in [0.3, 0.4) is 0 Å². The Hall–Kier alpha value is -1.83. The Morgan fingerprint density at radius 1 is 1.19 bits per heavy atom. The smallest absolute Gasteiger partial charge is 0.396 e. The van der Waals surface area contributed by atoms with Gasteiger partial charge in [0.2, 0.25) is 0 Å². The molecule has 1 aromatic carbocycles. The first-order valence-corrected chi connectivity index (χ1v) is 6.53. The van der Waals surface area contributed by atoms with Gasteiger partial charge in [-0.25, -0.2) is 9.37 Å². The molecular formula is C13H10BrF4N3. The summed E-state index contributed by atoms with van der Waals surface area (Å²) in [7, 11) is 0. The molecule has 21 heavy (non-hydrogen) atoms. The Bertz CT molecular complexity index is 686. The van der Waals surface area contributed by atoms with Gasteiger partial charge in [-0.2, -0.15) is 13.2 Å². The molecule has 2 aromatic rings. The van der Waals surface area contributed by atoms with Gasteiger partial charge in [0.25, 0.3) is 0 Å². The Balaban J connectivity index is 2.42. The maximum absolute atomic E-state index is 13.3. The highest BCUT2D eigenvalue weighted by Crippen LogP contribution is 2.33. The molecule has 1 heterocycles. The number of nitrogens with two attached hydrogens (primary N) is 1. The van der Waals surface area contributed by atoms with Crippen molar-refractivity contribution in [2.24, 2.45) is 0 Å². The number of hydrogen-bond donors (Lipinski definition) is 2. The van der Waals surface area contributed by atoms with E-state index in [-0.39, 0.29) is 15.8 Å². The van der Waals surface area contributed by atoms with Crippen molar-refractivity contribution in [3.8, 4) is 0 Å². The molecule has 0 saturated heterocycles. The Morgan fingerprint density at radius 3 is 2.48 bits per heavy atom. The molecular weight excluding hydrogens is 354 g/mol. The summed E-state index contributed by atoms with van der Waals surface area (Å²) >= 11 is 3.02. The molecule has 0 atom stereocenters. The lowest BCUT2D eigenvalue weighted by molar-refractivity contribution is -0.141. The largest absolute Gasteiger partial charge is 0.433 e. The number of nitrogen functional groups attached to an aromatic ring is 1. The van der Waals surface area contributed by atoms with Crippen molar-refractivity contribution in [2.75, 3.05) is 11.1 Å². The van der Waals surface area contributed by atoms with E-state index < -0.39 is 17.7 Å². The van der Waals surface area contributed by atoms with Crippen LogP contribution in [0.25, 0.3) is 0 Å². The zero-order chi connectivity index (χ0) is 15.8. The number of pyridine rings is 1. The van der Waals surface area contributed by atoms with E-state index in [9.17, 15) is 17.6 Å². The molecule has 0 amide bonds. The molecule has 0 radical (unpaired) electrons. The molecule has 2 rings (SSSR count). The number of nitrogens with one attached hydrogen (secondary N) is 1. The van der Waals surface area contributed by atoms with Crippen LogP contribution in [0.1, 0.15) is 11.3 Å². The summed E-state index contributed by atoms with van der Waals surface area (Å²) in [5.41, 5.74) is 5.64. The van der Waals surface area contributed by atoms with E-state index in [1.807, 2.05) is 0 Å². The number of benzene rings is 1. The number of hydrogen-bond acceptors (Lipinski definition) is 3. The summed E-state index contributed by atoms with van der Waals surface area (Å²) in [5.74, 6) is -0.461. The van der Waals surface area contributed by atoms with Gasteiger partial charge in [0.15, 0.2) is 0 Å². The van der Waals surface area contributed by atoms with Crippen molar-refractivity contribution in [2.45, 2.75) is 13.1 Å². The average Bonchev–Trinajstić information content (AvgIpc) is 2.37. The molecule has 112 valence electrons. The molecule has 0 spiro atoms. The summed E-state index contributed by atoms with van der Waals surface area (Å²) < 4.78 is 51.5. The van der Waals surface area contributed by atoms with Crippen molar-refractivity contribution < 1.29 is 17.6 Å². The third-order valence-corrected chi connectivity index (χ3v) is 3.37. The Kier molecular flexibility index (Phi) is 4.08. The third kappa shape index (κ3) is 3.44. The van der Waals surface area contributed by atoms with Crippen LogP contribution in [-0.4, -0.2) is 4.98 Å². The van der Waals surface area contributed by atoms with E-state index >= 15 is 0 Å². The minimum Gasteiger partial charge on any atom is -0.396 e. The molecule has 0 aliphatic carbocycles. The van der Waals surface area contributed by atoms with Crippen LogP contribution in [0.15, 0.2) is 28.9 Å². The van der Waals surface area contributed by atoms with E-state index in [1.165, 1.54) is 12.1 Å². The number of halogens is 5. The summed E-state index contributed by atoms with van der Waals surface area (Å²) in [6.45, 7) is 1.62. The standard InChI is InChI=1S/C13H10BrF4N3/c1-6-2-8(15)7(14)3-10(6)21-11-4-12(13(16,17)18)20-5-9(11)19/h2-5H,19H2,1H3,(H,20,21). The van der Waals surface area contributed by atoms with Crippen LogP contribution in [0, 0.1) is 12.7 Å². The molecule has 8 heteroatoms. The lowest BCUT2D eigenvalue weighted by Crippen LogP contribution is -2.10. The first kappa shape index (κ1) is 15.6. The molecule has 1 aromatic heterocycles. The van der Waals surface area contributed by atoms with Crippen LogP contribution >= 0.6 is 15.9 Å². The van der Waals surface area contributed by atoms with Gasteiger partial charge >= 0.3 is 6.18 Å². The van der Waals surface area contributed by atoms with Gasteiger partial charge in [-0.3, -0.25) is 0 Å². The van der Waals surface area contributed by atoms with Crippen molar-refractivity contribution in [3.63, 3.8) is 0 Å². The van der Waals surface area contributed by atoms with Gasteiger partial charge in [0.05, 0.1) is 22.0 Å². The van der Waals surface area contributed by atoms with Gasteiger partial charge in [0, 0.05) is 5.69 Å². The second kappa shape index (κ2) is 5.51. The van der Waals surface area contributed by atoms with E-state index in [2.05, 4.69) is 26.2 Å². The van der Waals surface area contributed by atoms with E-state index in [1.54, 1.807) is 6.92 Å². The summed E-state index contributed by atoms with van der Waals surface area (Å²) in [6.07, 6.45) is -3.64. The SMILES string of the molecule is Cc1cc(F)c(Br)cc1Nc1cc(C(F)(F)F)ncc1N. The highest BCUT2D eigenvalue weighted by Gasteiger charge is 2.33. The normalized spacial score (nSPS) is 11.5. The first-order chi connectivity index (χ1) is 9.68. The molecule has 0 aliphatic heterocycles. The highest BCUT2D eigenvalue weighted by molar-refractivity contribution is 9.10. The lowest BCUT2D eigenvalue weighted by Gasteiger charge is -2.14. The third-order valence-electron chi connectivity index (χ3n) is 2.76. The van der Waals surface area contributed by atoms with Gasteiger partial charge < -0.3 is 11.1 Å². The predicted molar refractivity (Wildman–Crippen MR) is 75.8 cm³/mol. The molecule has 0 aliphatic rings. The number of anilines is 3. The van der Waals surface area contributed by atoms with Gasteiger partial charge in [-0.15, -0.1) is 0 Å². The van der Waals surface area contributed by atoms with Crippen LogP contribution in [0.4, 0.5) is 34.6 Å². The highest BCUT2D eigenvalue weighted by atomic mass is 79.9. The number of nitrogens with zero attached hydrogens (tertiary/aromatic N) is 1. The van der Waals surface area contributed by atoms with Gasteiger partial charge in [-0.1, -0.05) is 0 Å². The second-order valence-electron chi connectivity index (χ2n) is 4.36. The number of aromatic nitrogens is 1. The molecule has 0 unspecified atom stereocenters. The van der Waals surface area contributed by atoms with Crippen molar-refractivity contribution in [1.29, 1.82) is 0 Å². The fourth-order valence-electron chi connectivity index (χ4n) is 1.66. The maximum Gasteiger partial charge on any atom is 0.433 e. The second-order valence-corrected chi connectivity index (χ2v) is 5.22. The minimum atomic E-state index is -4.57. The molecule has 0 saturated carbocycles. The summed E-state index contributed by atoms with van der Waals surface area (Å²) in [4.78, 5) is 3.25. The minimum absolute atomic E-state index is 0.0546. The first-order valence-electron chi connectivity index (χ1n) is 5.74. The predicted octanol–water partition coefficient (Wildman–Crippen LogP) is 4.64. The zero-order valence-corrected chi connectivity index (χ0v) is 12.3. The monoisotopic (exact) mass is 363 g/mol. The summed E-state index contributed by atoms with van der Waals surface area (Å²) in [6, 6.07) is 3.50. The van der Waals surface area contributed by atoms with E-state index in [4.69, 9.17) is 5.73 Å². The lowest BCUT2D eigenvalue weighted by atomic mass is 10.2. The fraction of sp³-hybridized carbons (Fsp3) is 0.154. The molecule has 0 fully saturated rings. The molecule has 3 nitrogen and oxygen atoms in total. The Labute approximate surface area is 126 Å². The number of alkyl halides is 3. The van der Waals surface area contributed by atoms with Crippen LogP contribution in [0.5, 0.6) is 0 Å². The topological polar surface area (TPSA) is 50.9 Å². The van der Waals surface area contributed by atoms with Crippen LogP contribution in [0.2, 0.25) is 0 Å². The van der Waals surface area contributed by atoms with Gasteiger partial charge in [-0.05, 0) is 46.6 Å². The number of aryl methyl sites for hydroxylation is 1. The van der Waals surface area contributed by atoms with E-state index in [0.717, 1.165) is 12.3 Å².